The molecule has 0 aromatic heterocycles. The van der Waals surface area contributed by atoms with E-state index in [-0.39, 0.29) is 17.3 Å². The SMILES string of the molecule is CCCCOC(=O)c1ccc(NC(=O)C(Sc2cccc(NC(=O)/C(=C\c3ccc([N+](=O)[O-])cc3)NC(=O)c3ccccc3)c2)c2ccccc2)cc1. The van der Waals surface area contributed by atoms with Crippen molar-refractivity contribution in [3.63, 3.8) is 0 Å². The molecule has 5 aromatic rings. The molecule has 0 aliphatic heterocycles. The zero-order valence-electron chi connectivity index (χ0n) is 28.7. The average Bonchev–Trinajstić information content (AvgIpc) is 3.18. The molecule has 53 heavy (non-hydrogen) atoms. The maximum absolute atomic E-state index is 13.7. The van der Waals surface area contributed by atoms with Crippen molar-refractivity contribution < 1.29 is 28.8 Å². The Balaban J connectivity index is 1.33. The third-order valence-electron chi connectivity index (χ3n) is 7.75. The minimum absolute atomic E-state index is 0.0902. The van der Waals surface area contributed by atoms with E-state index in [0.717, 1.165) is 18.4 Å². The molecule has 3 N–H and O–H groups in total. The number of thioether (sulfide) groups is 1. The molecular weight excluding hydrogens is 693 g/mol. The van der Waals surface area contributed by atoms with Crippen molar-refractivity contribution in [3.8, 4) is 0 Å². The third kappa shape index (κ3) is 11.0. The van der Waals surface area contributed by atoms with Crippen molar-refractivity contribution in [2.45, 2.75) is 29.9 Å². The van der Waals surface area contributed by atoms with Crippen LogP contribution in [0.5, 0.6) is 0 Å². The summed E-state index contributed by atoms with van der Waals surface area (Å²) >= 11 is 1.28. The van der Waals surface area contributed by atoms with Crippen molar-refractivity contribution in [1.29, 1.82) is 0 Å². The molecule has 5 rings (SSSR count). The Kier molecular flexibility index (Phi) is 13.3. The zero-order valence-corrected chi connectivity index (χ0v) is 29.5. The van der Waals surface area contributed by atoms with Gasteiger partial charge in [0, 0.05) is 34.0 Å². The lowest BCUT2D eigenvalue weighted by molar-refractivity contribution is -0.384. The average molecular weight is 729 g/mol. The van der Waals surface area contributed by atoms with Crippen LogP contribution in [0.2, 0.25) is 0 Å². The van der Waals surface area contributed by atoms with E-state index in [0.29, 0.717) is 39.6 Å². The molecule has 268 valence electrons. The molecular formula is C41H36N4O7S. The fourth-order valence-corrected chi connectivity index (χ4v) is 6.06. The van der Waals surface area contributed by atoms with Gasteiger partial charge in [-0.2, -0.15) is 0 Å². The van der Waals surface area contributed by atoms with Gasteiger partial charge in [0.05, 0.1) is 17.1 Å². The van der Waals surface area contributed by atoms with Gasteiger partial charge in [0.1, 0.15) is 10.9 Å². The highest BCUT2D eigenvalue weighted by molar-refractivity contribution is 8.00. The number of nitro benzene ring substituents is 1. The van der Waals surface area contributed by atoms with Crippen LogP contribution in [-0.2, 0) is 14.3 Å². The number of carbonyl (C=O) groups is 4. The maximum Gasteiger partial charge on any atom is 0.338 e. The van der Waals surface area contributed by atoms with Crippen molar-refractivity contribution in [2.75, 3.05) is 17.2 Å². The van der Waals surface area contributed by atoms with Crippen molar-refractivity contribution in [3.05, 3.63) is 172 Å². The van der Waals surface area contributed by atoms with Crippen LogP contribution in [0, 0.1) is 10.1 Å². The standard InChI is InChI=1S/C41H36N4O7S/c1-2-3-25-52-41(49)31-19-21-32(22-20-31)42-40(48)37(29-11-6-4-7-12-29)53-35-16-10-15-33(27-35)43-39(47)36(44-38(46)30-13-8-5-9-14-30)26-28-17-23-34(24-18-28)45(50)51/h4-24,26-27,37H,2-3,25H2,1H3,(H,42,48)(H,43,47)(H,44,46)/b36-26+. The summed E-state index contributed by atoms with van der Waals surface area (Å²) in [4.78, 5) is 64.1. The van der Waals surface area contributed by atoms with E-state index in [1.54, 1.807) is 72.8 Å². The van der Waals surface area contributed by atoms with Gasteiger partial charge in [-0.15, -0.1) is 11.8 Å². The number of ether oxygens (including phenoxy) is 1. The number of carbonyl (C=O) groups excluding carboxylic acids is 4. The van der Waals surface area contributed by atoms with Gasteiger partial charge in [0.25, 0.3) is 17.5 Å². The first kappa shape index (κ1) is 37.7. The molecule has 0 saturated carbocycles. The van der Waals surface area contributed by atoms with Crippen LogP contribution < -0.4 is 16.0 Å². The number of hydrogen-bond acceptors (Lipinski definition) is 8. The minimum atomic E-state index is -0.691. The largest absolute Gasteiger partial charge is 0.462 e. The highest BCUT2D eigenvalue weighted by Crippen LogP contribution is 2.37. The molecule has 3 amide bonds. The van der Waals surface area contributed by atoms with Crippen LogP contribution in [0.4, 0.5) is 17.1 Å². The molecule has 11 nitrogen and oxygen atoms in total. The van der Waals surface area contributed by atoms with E-state index >= 15 is 0 Å². The Bertz CT molecular complexity index is 2090. The second-order valence-corrected chi connectivity index (χ2v) is 12.9. The van der Waals surface area contributed by atoms with Crippen LogP contribution in [0.3, 0.4) is 0 Å². The van der Waals surface area contributed by atoms with Crippen LogP contribution >= 0.6 is 11.8 Å². The van der Waals surface area contributed by atoms with E-state index in [2.05, 4.69) is 16.0 Å². The number of non-ortho nitro benzene ring substituents is 1. The molecule has 0 spiro atoms. The van der Waals surface area contributed by atoms with Crippen LogP contribution in [0.1, 0.15) is 56.9 Å². The lowest BCUT2D eigenvalue weighted by Crippen LogP contribution is -2.30. The zero-order chi connectivity index (χ0) is 37.6. The van der Waals surface area contributed by atoms with Gasteiger partial charge in [-0.3, -0.25) is 24.5 Å². The van der Waals surface area contributed by atoms with Gasteiger partial charge in [0.15, 0.2) is 0 Å². The predicted molar refractivity (Wildman–Crippen MR) is 205 cm³/mol. The number of amides is 3. The number of esters is 1. The summed E-state index contributed by atoms with van der Waals surface area (Å²) in [5.41, 5.74) is 2.62. The second-order valence-electron chi connectivity index (χ2n) is 11.7. The first-order valence-corrected chi connectivity index (χ1v) is 17.6. The first-order chi connectivity index (χ1) is 25.7. The normalized spacial score (nSPS) is 11.5. The lowest BCUT2D eigenvalue weighted by Gasteiger charge is -2.18. The summed E-state index contributed by atoms with van der Waals surface area (Å²) < 4.78 is 5.27. The van der Waals surface area contributed by atoms with E-state index < -0.39 is 28.0 Å². The molecule has 0 saturated heterocycles. The smallest absolute Gasteiger partial charge is 0.338 e. The number of rotatable bonds is 15. The quantitative estimate of drug-likeness (QED) is 0.0242. The van der Waals surface area contributed by atoms with Gasteiger partial charge < -0.3 is 20.7 Å². The van der Waals surface area contributed by atoms with Crippen LogP contribution in [0.25, 0.3) is 6.08 Å². The molecule has 0 radical (unpaired) electrons. The lowest BCUT2D eigenvalue weighted by atomic mass is 10.1. The number of benzene rings is 5. The molecule has 1 unspecified atom stereocenters. The van der Waals surface area contributed by atoms with Gasteiger partial charge >= 0.3 is 5.97 Å². The second kappa shape index (κ2) is 18.6. The number of nitrogens with one attached hydrogen (secondary N) is 3. The third-order valence-corrected chi connectivity index (χ3v) is 9.00. The molecule has 0 heterocycles. The number of hydrogen-bond donors (Lipinski definition) is 3. The van der Waals surface area contributed by atoms with Crippen molar-refractivity contribution >= 4 is 58.6 Å². The van der Waals surface area contributed by atoms with Crippen LogP contribution in [-0.4, -0.2) is 35.2 Å². The predicted octanol–water partition coefficient (Wildman–Crippen LogP) is 8.43. The number of nitro groups is 1. The Labute approximate surface area is 310 Å². The maximum atomic E-state index is 13.7. The van der Waals surface area contributed by atoms with E-state index in [9.17, 15) is 29.3 Å². The molecule has 0 fully saturated rings. The minimum Gasteiger partial charge on any atom is -0.462 e. The summed E-state index contributed by atoms with van der Waals surface area (Å²) in [5, 5.41) is 18.9. The van der Waals surface area contributed by atoms with Gasteiger partial charge in [0.2, 0.25) is 5.91 Å². The van der Waals surface area contributed by atoms with E-state index in [4.69, 9.17) is 4.74 Å². The summed E-state index contributed by atoms with van der Waals surface area (Å²) in [6, 6.07) is 36.6. The molecule has 12 heteroatoms. The molecule has 0 aliphatic carbocycles. The van der Waals surface area contributed by atoms with Crippen molar-refractivity contribution in [2.24, 2.45) is 0 Å². The van der Waals surface area contributed by atoms with E-state index in [1.165, 1.54) is 42.1 Å². The molecule has 1 atom stereocenters. The number of unbranched alkanes of at least 4 members (excludes halogenated alkanes) is 1. The van der Waals surface area contributed by atoms with Gasteiger partial charge in [-0.25, -0.2) is 4.79 Å². The highest BCUT2D eigenvalue weighted by Gasteiger charge is 2.23. The molecule has 5 aromatic carbocycles. The van der Waals surface area contributed by atoms with Crippen LogP contribution in [0.15, 0.2) is 144 Å². The van der Waals surface area contributed by atoms with E-state index in [1.807, 2.05) is 43.3 Å². The Morgan fingerprint density at radius 1 is 0.774 bits per heavy atom. The fraction of sp³-hybridized carbons (Fsp3) is 0.122. The summed E-state index contributed by atoms with van der Waals surface area (Å²) in [6.45, 7) is 2.36. The first-order valence-electron chi connectivity index (χ1n) is 16.7. The Hall–Kier alpha value is -6.53. The monoisotopic (exact) mass is 728 g/mol. The summed E-state index contributed by atoms with van der Waals surface area (Å²) in [6.07, 6.45) is 3.12. The fourth-order valence-electron chi connectivity index (χ4n) is 4.97. The number of anilines is 2. The Morgan fingerprint density at radius 2 is 1.45 bits per heavy atom. The summed E-state index contributed by atoms with van der Waals surface area (Å²) in [7, 11) is 0. The highest BCUT2D eigenvalue weighted by atomic mass is 32.2. The van der Waals surface area contributed by atoms with Gasteiger partial charge in [-0.1, -0.05) is 67.9 Å². The van der Waals surface area contributed by atoms with Crippen molar-refractivity contribution in [1.82, 2.24) is 5.32 Å². The Morgan fingerprint density at radius 3 is 2.11 bits per heavy atom. The number of nitrogens with zero attached hydrogens (tertiary/aromatic N) is 1. The summed E-state index contributed by atoms with van der Waals surface area (Å²) in [5.74, 6) is -1.87. The topological polar surface area (TPSA) is 157 Å². The van der Waals surface area contributed by atoms with Gasteiger partial charge in [-0.05, 0) is 90.4 Å². The molecule has 0 aliphatic rings. The molecule has 0 bridgehead atoms.